The SMILES string of the molecule is CCN(CC)C(=O)/C=C(/C)c1ccc(OC(C)c2ccccc2)c2oc(C(C)=O)cc12. The van der Waals surface area contributed by atoms with E-state index in [-0.39, 0.29) is 23.6 Å². The maximum atomic E-state index is 12.6. The molecule has 0 saturated heterocycles. The molecule has 0 bridgehead atoms. The maximum Gasteiger partial charge on any atom is 0.246 e. The van der Waals surface area contributed by atoms with Crippen LogP contribution >= 0.6 is 0 Å². The van der Waals surface area contributed by atoms with E-state index in [4.69, 9.17) is 9.15 Å². The van der Waals surface area contributed by atoms with E-state index >= 15 is 0 Å². The molecule has 0 radical (unpaired) electrons. The molecular formula is C26H29NO4. The quantitative estimate of drug-likeness (QED) is 0.329. The second-order valence-electron chi connectivity index (χ2n) is 7.53. The first kappa shape index (κ1) is 22.3. The maximum absolute atomic E-state index is 12.6. The molecule has 0 aliphatic carbocycles. The van der Waals surface area contributed by atoms with Gasteiger partial charge in [0.25, 0.3) is 0 Å². The minimum absolute atomic E-state index is 0.0380. The summed E-state index contributed by atoms with van der Waals surface area (Å²) >= 11 is 0. The number of carbonyl (C=O) groups excluding carboxylic acids is 2. The standard InChI is InChI=1S/C26H29NO4/c1-6-27(7-2)25(29)15-17(3)21-13-14-23(26-22(21)16-24(31-26)18(4)28)30-19(5)20-11-9-8-10-12-20/h8-16,19H,6-7H2,1-5H3/b17-15-. The molecule has 0 N–H and O–H groups in total. The van der Waals surface area contributed by atoms with Crippen molar-refractivity contribution < 1.29 is 18.7 Å². The van der Waals surface area contributed by atoms with Gasteiger partial charge >= 0.3 is 0 Å². The second kappa shape index (κ2) is 9.65. The van der Waals surface area contributed by atoms with Gasteiger partial charge in [0.2, 0.25) is 5.91 Å². The zero-order chi connectivity index (χ0) is 22.5. The topological polar surface area (TPSA) is 59.8 Å². The molecular weight excluding hydrogens is 390 g/mol. The van der Waals surface area contributed by atoms with Crippen LogP contribution in [0, 0.1) is 0 Å². The Morgan fingerprint density at radius 2 is 1.74 bits per heavy atom. The third-order valence-electron chi connectivity index (χ3n) is 5.41. The highest BCUT2D eigenvalue weighted by atomic mass is 16.5. The molecule has 0 aliphatic rings. The molecule has 0 aliphatic heterocycles. The van der Waals surface area contributed by atoms with E-state index < -0.39 is 0 Å². The highest BCUT2D eigenvalue weighted by Crippen LogP contribution is 2.36. The molecule has 1 unspecified atom stereocenters. The summed E-state index contributed by atoms with van der Waals surface area (Å²) in [5.74, 6) is 0.627. The molecule has 0 saturated carbocycles. The fourth-order valence-electron chi connectivity index (χ4n) is 3.58. The number of amides is 1. The summed E-state index contributed by atoms with van der Waals surface area (Å²) in [4.78, 5) is 26.3. The monoisotopic (exact) mass is 419 g/mol. The number of furan rings is 1. The summed E-state index contributed by atoms with van der Waals surface area (Å²) in [5, 5.41) is 0.754. The summed E-state index contributed by atoms with van der Waals surface area (Å²) < 4.78 is 12.1. The van der Waals surface area contributed by atoms with Crippen LogP contribution in [0.25, 0.3) is 16.5 Å². The van der Waals surface area contributed by atoms with Crippen molar-refractivity contribution in [2.75, 3.05) is 13.1 Å². The fourth-order valence-corrected chi connectivity index (χ4v) is 3.58. The second-order valence-corrected chi connectivity index (χ2v) is 7.53. The summed E-state index contributed by atoms with van der Waals surface area (Å²) in [6.07, 6.45) is 1.44. The van der Waals surface area contributed by atoms with Crippen LogP contribution in [-0.4, -0.2) is 29.7 Å². The van der Waals surface area contributed by atoms with E-state index in [1.54, 1.807) is 17.0 Å². The van der Waals surface area contributed by atoms with Gasteiger partial charge < -0.3 is 14.1 Å². The lowest BCUT2D eigenvalue weighted by atomic mass is 10.0. The number of likely N-dealkylation sites (N-methyl/N-ethyl adjacent to an activating group) is 1. The molecule has 2 aromatic carbocycles. The first-order valence-corrected chi connectivity index (χ1v) is 10.6. The van der Waals surface area contributed by atoms with Gasteiger partial charge in [-0.2, -0.15) is 0 Å². The average Bonchev–Trinajstić information content (AvgIpc) is 3.21. The van der Waals surface area contributed by atoms with E-state index in [2.05, 4.69) is 0 Å². The van der Waals surface area contributed by atoms with Crippen molar-refractivity contribution in [1.29, 1.82) is 0 Å². The highest BCUT2D eigenvalue weighted by molar-refractivity contribution is 6.03. The van der Waals surface area contributed by atoms with Crippen LogP contribution in [0.3, 0.4) is 0 Å². The van der Waals surface area contributed by atoms with Gasteiger partial charge in [0.1, 0.15) is 6.10 Å². The number of carbonyl (C=O) groups is 2. The van der Waals surface area contributed by atoms with Gasteiger partial charge in [-0.15, -0.1) is 0 Å². The van der Waals surface area contributed by atoms with Crippen molar-refractivity contribution >= 4 is 28.2 Å². The first-order valence-electron chi connectivity index (χ1n) is 10.6. The van der Waals surface area contributed by atoms with Crippen LogP contribution < -0.4 is 4.74 Å². The van der Waals surface area contributed by atoms with Crippen LogP contribution in [0.1, 0.15) is 62.4 Å². The Labute approximate surface area is 183 Å². The van der Waals surface area contributed by atoms with Gasteiger partial charge in [-0.3, -0.25) is 9.59 Å². The van der Waals surface area contributed by atoms with Crippen LogP contribution in [0.4, 0.5) is 0 Å². The molecule has 31 heavy (non-hydrogen) atoms. The van der Waals surface area contributed by atoms with Gasteiger partial charge in [0, 0.05) is 31.5 Å². The number of hydrogen-bond acceptors (Lipinski definition) is 4. The van der Waals surface area contributed by atoms with Gasteiger partial charge in [-0.05, 0) is 56.5 Å². The van der Waals surface area contributed by atoms with E-state index in [0.29, 0.717) is 24.4 Å². The van der Waals surface area contributed by atoms with Gasteiger partial charge in [-0.1, -0.05) is 36.4 Å². The van der Waals surface area contributed by atoms with Crippen LogP contribution in [0.2, 0.25) is 0 Å². The van der Waals surface area contributed by atoms with Crippen molar-refractivity contribution in [2.24, 2.45) is 0 Å². The lowest BCUT2D eigenvalue weighted by Gasteiger charge is -2.17. The minimum atomic E-state index is -0.193. The lowest BCUT2D eigenvalue weighted by molar-refractivity contribution is -0.125. The van der Waals surface area contributed by atoms with Crippen LogP contribution in [0.5, 0.6) is 5.75 Å². The molecule has 3 rings (SSSR count). The number of ether oxygens (including phenoxy) is 1. The number of Topliss-reactive ketones (excluding diaryl/α,β-unsaturated/α-hetero) is 1. The fraction of sp³-hybridized carbons (Fsp3) is 0.308. The summed E-state index contributed by atoms with van der Waals surface area (Å²) in [5.41, 5.74) is 3.19. The number of ketones is 1. The van der Waals surface area contributed by atoms with Crippen molar-refractivity contribution in [3.05, 3.63) is 71.5 Å². The molecule has 1 atom stereocenters. The molecule has 1 amide bonds. The summed E-state index contributed by atoms with van der Waals surface area (Å²) in [6.45, 7) is 10.5. The number of benzene rings is 2. The number of rotatable bonds is 8. The summed E-state index contributed by atoms with van der Waals surface area (Å²) in [6, 6.07) is 15.4. The van der Waals surface area contributed by atoms with Crippen molar-refractivity contribution in [3.8, 4) is 5.75 Å². The lowest BCUT2D eigenvalue weighted by Crippen LogP contribution is -2.28. The predicted octanol–water partition coefficient (Wildman–Crippen LogP) is 6.05. The van der Waals surface area contributed by atoms with Crippen molar-refractivity contribution in [1.82, 2.24) is 4.90 Å². The number of hydrogen-bond donors (Lipinski definition) is 0. The number of fused-ring (bicyclic) bond motifs is 1. The van der Waals surface area contributed by atoms with E-state index in [1.807, 2.05) is 70.2 Å². The Morgan fingerprint density at radius 1 is 1.06 bits per heavy atom. The molecule has 3 aromatic rings. The Hall–Kier alpha value is -3.34. The van der Waals surface area contributed by atoms with Crippen LogP contribution in [0.15, 0.2) is 59.0 Å². The normalized spacial score (nSPS) is 12.6. The van der Waals surface area contributed by atoms with Crippen molar-refractivity contribution in [2.45, 2.75) is 40.7 Å². The number of nitrogens with zero attached hydrogens (tertiary/aromatic N) is 1. The average molecular weight is 420 g/mol. The molecule has 5 heteroatoms. The predicted molar refractivity (Wildman–Crippen MR) is 123 cm³/mol. The largest absolute Gasteiger partial charge is 0.482 e. The van der Waals surface area contributed by atoms with Crippen molar-refractivity contribution in [3.63, 3.8) is 0 Å². The zero-order valence-corrected chi connectivity index (χ0v) is 18.8. The minimum Gasteiger partial charge on any atom is -0.482 e. The van der Waals surface area contributed by atoms with Gasteiger partial charge in [0.05, 0.1) is 0 Å². The van der Waals surface area contributed by atoms with Crippen LogP contribution in [-0.2, 0) is 4.79 Å². The highest BCUT2D eigenvalue weighted by Gasteiger charge is 2.19. The van der Waals surface area contributed by atoms with Gasteiger partial charge in [-0.25, -0.2) is 0 Å². The van der Waals surface area contributed by atoms with E-state index in [0.717, 1.165) is 22.1 Å². The Kier molecular flexibility index (Phi) is 6.95. The zero-order valence-electron chi connectivity index (χ0n) is 18.8. The molecule has 1 heterocycles. The third-order valence-corrected chi connectivity index (χ3v) is 5.41. The smallest absolute Gasteiger partial charge is 0.246 e. The molecule has 5 nitrogen and oxygen atoms in total. The third kappa shape index (κ3) is 4.88. The van der Waals surface area contributed by atoms with E-state index in [1.165, 1.54) is 6.92 Å². The Bertz CT molecular complexity index is 1110. The van der Waals surface area contributed by atoms with E-state index in [9.17, 15) is 9.59 Å². The Balaban J connectivity index is 2.04. The Morgan fingerprint density at radius 3 is 2.35 bits per heavy atom. The number of allylic oxidation sites excluding steroid dienone is 1. The first-order chi connectivity index (χ1) is 14.8. The molecule has 1 aromatic heterocycles. The summed E-state index contributed by atoms with van der Waals surface area (Å²) in [7, 11) is 0. The molecule has 162 valence electrons. The molecule has 0 fully saturated rings. The molecule has 0 spiro atoms. The van der Waals surface area contributed by atoms with Gasteiger partial charge in [0.15, 0.2) is 22.9 Å².